The summed E-state index contributed by atoms with van der Waals surface area (Å²) in [7, 11) is 0. The van der Waals surface area contributed by atoms with Crippen LogP contribution < -0.4 is 10.6 Å². The molecule has 0 unspecified atom stereocenters. The van der Waals surface area contributed by atoms with Crippen molar-refractivity contribution in [2.24, 2.45) is 0 Å². The first-order chi connectivity index (χ1) is 10.4. The predicted molar refractivity (Wildman–Crippen MR) is 85.9 cm³/mol. The molecule has 1 aliphatic heterocycles. The zero-order valence-corrected chi connectivity index (χ0v) is 12.5. The second kappa shape index (κ2) is 5.68. The Morgan fingerprint density at radius 3 is 2.71 bits per heavy atom. The summed E-state index contributed by atoms with van der Waals surface area (Å²) in [6.45, 7) is 2.23. The van der Waals surface area contributed by atoms with Crippen molar-refractivity contribution in [2.75, 3.05) is 18.4 Å². The number of hydrogen-bond donors (Lipinski definition) is 2. The standard InChI is InChI=1S/C17H24N4/c1-2-6-14(5-1)19-17-16(13-8-10-18-11-9-13)20-15-7-3-4-12-21(15)17/h3-4,7,12-14,18-19H,1-2,5-6,8-11H2. The molecule has 4 heteroatoms. The highest BCUT2D eigenvalue weighted by molar-refractivity contribution is 5.57. The molecule has 2 aromatic heterocycles. The van der Waals surface area contributed by atoms with Crippen LogP contribution in [0.4, 0.5) is 5.82 Å². The lowest BCUT2D eigenvalue weighted by atomic mass is 9.94. The molecule has 0 aromatic carbocycles. The van der Waals surface area contributed by atoms with Crippen LogP contribution in [-0.4, -0.2) is 28.5 Å². The minimum absolute atomic E-state index is 0.593. The molecule has 0 radical (unpaired) electrons. The maximum atomic E-state index is 4.95. The van der Waals surface area contributed by atoms with Crippen molar-refractivity contribution in [1.29, 1.82) is 0 Å². The second-order valence-corrected chi connectivity index (χ2v) is 6.42. The molecule has 1 saturated carbocycles. The summed E-state index contributed by atoms with van der Waals surface area (Å²) >= 11 is 0. The normalized spacial score (nSPS) is 21.1. The van der Waals surface area contributed by atoms with Gasteiger partial charge in [0.25, 0.3) is 0 Å². The van der Waals surface area contributed by atoms with Gasteiger partial charge in [-0.15, -0.1) is 0 Å². The van der Waals surface area contributed by atoms with Crippen molar-refractivity contribution in [3.8, 4) is 0 Å². The molecule has 2 N–H and O–H groups in total. The van der Waals surface area contributed by atoms with E-state index in [0.717, 1.165) is 18.7 Å². The third kappa shape index (κ3) is 2.53. The fourth-order valence-corrected chi connectivity index (χ4v) is 3.80. The number of anilines is 1. The van der Waals surface area contributed by atoms with Crippen LogP contribution in [0.1, 0.15) is 50.1 Å². The van der Waals surface area contributed by atoms with Crippen molar-refractivity contribution >= 4 is 11.5 Å². The highest BCUT2D eigenvalue weighted by Gasteiger charge is 2.25. The van der Waals surface area contributed by atoms with Crippen LogP contribution in [0.2, 0.25) is 0 Å². The van der Waals surface area contributed by atoms with Crippen LogP contribution >= 0.6 is 0 Å². The van der Waals surface area contributed by atoms with Crippen molar-refractivity contribution in [1.82, 2.24) is 14.7 Å². The molecule has 0 atom stereocenters. The van der Waals surface area contributed by atoms with Crippen LogP contribution in [0.15, 0.2) is 24.4 Å². The summed E-state index contributed by atoms with van der Waals surface area (Å²) in [5, 5.41) is 7.27. The molecular formula is C17H24N4. The Labute approximate surface area is 126 Å². The minimum Gasteiger partial charge on any atom is -0.367 e. The Hall–Kier alpha value is -1.55. The number of hydrogen-bond acceptors (Lipinski definition) is 3. The zero-order chi connectivity index (χ0) is 14.1. The van der Waals surface area contributed by atoms with Gasteiger partial charge in [0.2, 0.25) is 0 Å². The van der Waals surface area contributed by atoms with Crippen LogP contribution in [0.3, 0.4) is 0 Å². The number of nitrogens with one attached hydrogen (secondary N) is 2. The number of piperidine rings is 1. The molecule has 3 heterocycles. The van der Waals surface area contributed by atoms with Gasteiger partial charge in [-0.1, -0.05) is 18.9 Å². The molecular weight excluding hydrogens is 260 g/mol. The van der Waals surface area contributed by atoms with Crippen LogP contribution in [0.25, 0.3) is 5.65 Å². The molecule has 1 saturated heterocycles. The van der Waals surface area contributed by atoms with E-state index < -0.39 is 0 Å². The molecule has 1 aliphatic carbocycles. The van der Waals surface area contributed by atoms with Crippen LogP contribution in [-0.2, 0) is 0 Å². The molecule has 2 aliphatic rings. The van der Waals surface area contributed by atoms with Crippen molar-refractivity contribution < 1.29 is 0 Å². The van der Waals surface area contributed by atoms with Gasteiger partial charge in [-0.05, 0) is 50.9 Å². The molecule has 112 valence electrons. The topological polar surface area (TPSA) is 41.4 Å². The fourth-order valence-electron chi connectivity index (χ4n) is 3.80. The Balaban J connectivity index is 1.72. The molecule has 0 spiro atoms. The van der Waals surface area contributed by atoms with E-state index >= 15 is 0 Å². The highest BCUT2D eigenvalue weighted by Crippen LogP contribution is 2.33. The van der Waals surface area contributed by atoms with Gasteiger partial charge in [0.05, 0.1) is 5.69 Å². The monoisotopic (exact) mass is 284 g/mol. The predicted octanol–water partition coefficient (Wildman–Crippen LogP) is 3.16. The van der Waals surface area contributed by atoms with E-state index in [0.29, 0.717) is 12.0 Å². The van der Waals surface area contributed by atoms with Crippen molar-refractivity contribution in [3.63, 3.8) is 0 Å². The second-order valence-electron chi connectivity index (χ2n) is 6.42. The van der Waals surface area contributed by atoms with Gasteiger partial charge in [0.1, 0.15) is 11.5 Å². The third-order valence-electron chi connectivity index (χ3n) is 4.98. The molecule has 4 nitrogen and oxygen atoms in total. The summed E-state index contributed by atoms with van der Waals surface area (Å²) in [6, 6.07) is 6.92. The lowest BCUT2D eigenvalue weighted by Gasteiger charge is -2.23. The van der Waals surface area contributed by atoms with Gasteiger partial charge in [-0.2, -0.15) is 0 Å². The van der Waals surface area contributed by atoms with E-state index in [2.05, 4.69) is 39.4 Å². The van der Waals surface area contributed by atoms with Gasteiger partial charge in [-0.25, -0.2) is 4.98 Å². The number of imidazole rings is 1. The first-order valence-electron chi connectivity index (χ1n) is 8.36. The van der Waals surface area contributed by atoms with E-state index in [-0.39, 0.29) is 0 Å². The maximum absolute atomic E-state index is 4.95. The Morgan fingerprint density at radius 1 is 1.10 bits per heavy atom. The third-order valence-corrected chi connectivity index (χ3v) is 4.98. The number of pyridine rings is 1. The average molecular weight is 284 g/mol. The lowest BCUT2D eigenvalue weighted by Crippen LogP contribution is -2.27. The van der Waals surface area contributed by atoms with Crippen molar-refractivity contribution in [3.05, 3.63) is 30.1 Å². The summed E-state index contributed by atoms with van der Waals surface area (Å²) in [6.07, 6.45) is 9.85. The van der Waals surface area contributed by atoms with E-state index in [1.807, 2.05) is 0 Å². The van der Waals surface area contributed by atoms with Crippen LogP contribution in [0.5, 0.6) is 0 Å². The Bertz CT molecular complexity index is 606. The zero-order valence-electron chi connectivity index (χ0n) is 12.5. The molecule has 4 rings (SSSR count). The van der Waals surface area contributed by atoms with Gasteiger partial charge in [-0.3, -0.25) is 4.40 Å². The fraction of sp³-hybridized carbons (Fsp3) is 0.588. The quantitative estimate of drug-likeness (QED) is 0.909. The summed E-state index contributed by atoms with van der Waals surface area (Å²) in [5.41, 5.74) is 2.36. The summed E-state index contributed by atoms with van der Waals surface area (Å²) in [5.74, 6) is 1.85. The van der Waals surface area contributed by atoms with Gasteiger partial charge >= 0.3 is 0 Å². The minimum atomic E-state index is 0.593. The number of rotatable bonds is 3. The largest absolute Gasteiger partial charge is 0.367 e. The highest BCUT2D eigenvalue weighted by atomic mass is 15.1. The summed E-state index contributed by atoms with van der Waals surface area (Å²) in [4.78, 5) is 4.95. The van der Waals surface area contributed by atoms with Gasteiger partial charge < -0.3 is 10.6 Å². The van der Waals surface area contributed by atoms with Crippen molar-refractivity contribution in [2.45, 2.75) is 50.5 Å². The first-order valence-corrected chi connectivity index (χ1v) is 8.36. The molecule has 0 bridgehead atoms. The average Bonchev–Trinajstić information content (AvgIpc) is 3.17. The van der Waals surface area contributed by atoms with E-state index in [9.17, 15) is 0 Å². The molecule has 21 heavy (non-hydrogen) atoms. The summed E-state index contributed by atoms with van der Waals surface area (Å²) < 4.78 is 2.25. The van der Waals surface area contributed by atoms with E-state index in [1.165, 1.54) is 50.0 Å². The lowest BCUT2D eigenvalue weighted by molar-refractivity contribution is 0.455. The van der Waals surface area contributed by atoms with E-state index in [4.69, 9.17) is 4.98 Å². The molecule has 2 aromatic rings. The van der Waals surface area contributed by atoms with Crippen LogP contribution in [0, 0.1) is 0 Å². The first kappa shape index (κ1) is 13.1. The number of aromatic nitrogens is 2. The smallest absolute Gasteiger partial charge is 0.138 e. The molecule has 2 fully saturated rings. The molecule has 0 amide bonds. The SMILES string of the molecule is c1ccn2c(NC3CCCC3)c(C3CCNCC3)nc2c1. The number of nitrogens with zero attached hydrogens (tertiary/aromatic N) is 2. The number of fused-ring (bicyclic) bond motifs is 1. The van der Waals surface area contributed by atoms with Gasteiger partial charge in [0, 0.05) is 18.2 Å². The Kier molecular flexibility index (Phi) is 3.55. The maximum Gasteiger partial charge on any atom is 0.138 e. The van der Waals surface area contributed by atoms with E-state index in [1.54, 1.807) is 0 Å². The van der Waals surface area contributed by atoms with Gasteiger partial charge in [0.15, 0.2) is 0 Å². The Morgan fingerprint density at radius 2 is 1.90 bits per heavy atom.